The van der Waals surface area contributed by atoms with Crippen molar-refractivity contribution >= 4 is 29.5 Å². The Morgan fingerprint density at radius 3 is 2.00 bits per heavy atom. The van der Waals surface area contributed by atoms with Crippen LogP contribution in [0.1, 0.15) is 51.9 Å². The average molecular weight is 430 g/mol. The van der Waals surface area contributed by atoms with Crippen molar-refractivity contribution in [3.05, 3.63) is 17.5 Å². The molecular formula is C21H39N3O2S2. The molecule has 1 heterocycles. The highest BCUT2D eigenvalue weighted by Crippen LogP contribution is 2.19. The van der Waals surface area contributed by atoms with Gasteiger partial charge in [-0.15, -0.1) is 0 Å². The first kappa shape index (κ1) is 25.5. The first-order chi connectivity index (χ1) is 13.2. The molecular weight excluding hydrogens is 390 g/mol. The third-order valence-electron chi connectivity index (χ3n) is 4.72. The lowest BCUT2D eigenvalue weighted by Crippen LogP contribution is -2.31. The van der Waals surface area contributed by atoms with Crippen molar-refractivity contribution in [3.63, 3.8) is 0 Å². The van der Waals surface area contributed by atoms with Gasteiger partial charge in [0.1, 0.15) is 0 Å². The molecule has 1 N–H and O–H groups in total. The zero-order valence-electron chi connectivity index (χ0n) is 18.8. The van der Waals surface area contributed by atoms with Crippen molar-refractivity contribution in [2.45, 2.75) is 64.6 Å². The number of aromatic nitrogens is 2. The summed E-state index contributed by atoms with van der Waals surface area (Å²) in [6.07, 6.45) is 7.98. The number of ether oxygens (including phenoxy) is 2. The van der Waals surface area contributed by atoms with Crippen LogP contribution in [-0.4, -0.2) is 65.4 Å². The van der Waals surface area contributed by atoms with E-state index in [-0.39, 0.29) is 11.2 Å². The largest absolute Gasteiger partial charge is 0.379 e. The summed E-state index contributed by atoms with van der Waals surface area (Å²) in [5, 5.41) is 3.41. The lowest BCUT2D eigenvalue weighted by Gasteiger charge is -2.29. The second-order valence-corrected chi connectivity index (χ2v) is 10.1. The predicted molar refractivity (Wildman–Crippen MR) is 125 cm³/mol. The monoisotopic (exact) mass is 429 g/mol. The van der Waals surface area contributed by atoms with E-state index in [4.69, 9.17) is 19.4 Å². The number of thioether (sulfide) groups is 2. The van der Waals surface area contributed by atoms with Crippen molar-refractivity contribution in [2.75, 3.05) is 49.6 Å². The van der Waals surface area contributed by atoms with E-state index in [1.165, 1.54) is 0 Å². The van der Waals surface area contributed by atoms with Crippen LogP contribution >= 0.6 is 23.5 Å². The number of hydrogen-bond acceptors (Lipinski definition) is 7. The molecule has 0 saturated carbocycles. The van der Waals surface area contributed by atoms with Crippen molar-refractivity contribution in [1.29, 1.82) is 0 Å². The number of methoxy groups -OCH3 is 1. The maximum absolute atomic E-state index is 6.09. The van der Waals surface area contributed by atoms with Crippen LogP contribution in [0.3, 0.4) is 0 Å². The molecule has 28 heavy (non-hydrogen) atoms. The summed E-state index contributed by atoms with van der Waals surface area (Å²) in [6, 6.07) is 2.15. The summed E-state index contributed by atoms with van der Waals surface area (Å²) < 4.78 is 11.6. The molecule has 5 nitrogen and oxygen atoms in total. The summed E-state index contributed by atoms with van der Waals surface area (Å²) >= 11 is 3.70. The molecule has 0 radical (unpaired) electrons. The van der Waals surface area contributed by atoms with Gasteiger partial charge in [0.05, 0.1) is 17.8 Å². The number of aryl methyl sites for hydroxylation is 2. The van der Waals surface area contributed by atoms with E-state index in [9.17, 15) is 0 Å². The first-order valence-electron chi connectivity index (χ1n) is 9.99. The normalized spacial score (nSPS) is 12.4. The molecule has 162 valence electrons. The van der Waals surface area contributed by atoms with Gasteiger partial charge in [-0.3, -0.25) is 0 Å². The Morgan fingerprint density at radius 1 is 0.929 bits per heavy atom. The summed E-state index contributed by atoms with van der Waals surface area (Å²) in [4.78, 5) is 9.41. The number of nitrogens with zero attached hydrogens (tertiary/aromatic N) is 2. The van der Waals surface area contributed by atoms with Crippen molar-refractivity contribution in [1.82, 2.24) is 9.97 Å². The van der Waals surface area contributed by atoms with E-state index < -0.39 is 0 Å². The fourth-order valence-electron chi connectivity index (χ4n) is 2.53. The van der Waals surface area contributed by atoms with Crippen LogP contribution in [0, 0.1) is 0 Å². The highest BCUT2D eigenvalue weighted by atomic mass is 32.2. The number of hydrogen-bond donors (Lipinski definition) is 1. The van der Waals surface area contributed by atoms with Crippen LogP contribution in [0.5, 0.6) is 0 Å². The molecule has 0 spiro atoms. The molecule has 0 atom stereocenters. The second-order valence-electron chi connectivity index (χ2n) is 8.16. The second kappa shape index (κ2) is 12.9. The van der Waals surface area contributed by atoms with E-state index in [0.29, 0.717) is 6.61 Å². The number of rotatable bonds is 15. The fraction of sp³-hybridized carbons (Fsp3) is 0.810. The van der Waals surface area contributed by atoms with Crippen LogP contribution in [0.4, 0.5) is 5.95 Å². The molecule has 0 unspecified atom stereocenters. The Bertz CT molecular complexity index is 542. The van der Waals surface area contributed by atoms with E-state index in [0.717, 1.165) is 61.1 Å². The Labute approximate surface area is 180 Å². The molecule has 0 fully saturated rings. The van der Waals surface area contributed by atoms with Gasteiger partial charge in [-0.25, -0.2) is 9.97 Å². The van der Waals surface area contributed by atoms with Crippen LogP contribution in [0.2, 0.25) is 0 Å². The summed E-state index contributed by atoms with van der Waals surface area (Å²) in [5.41, 5.74) is 1.90. The molecule has 0 aromatic carbocycles. The van der Waals surface area contributed by atoms with Gasteiger partial charge in [0.25, 0.3) is 0 Å². The number of anilines is 1. The van der Waals surface area contributed by atoms with Gasteiger partial charge in [0.15, 0.2) is 0 Å². The van der Waals surface area contributed by atoms with Gasteiger partial charge in [0, 0.05) is 25.0 Å². The van der Waals surface area contributed by atoms with Crippen molar-refractivity contribution in [3.8, 4) is 0 Å². The molecule has 0 aliphatic carbocycles. The fourth-order valence-corrected chi connectivity index (χ4v) is 3.35. The van der Waals surface area contributed by atoms with Gasteiger partial charge in [-0.05, 0) is 83.5 Å². The minimum atomic E-state index is -0.199. The third-order valence-corrected chi connectivity index (χ3v) is 5.94. The van der Waals surface area contributed by atoms with Crippen LogP contribution in [0.15, 0.2) is 6.07 Å². The molecule has 1 aromatic heterocycles. The predicted octanol–water partition coefficient (Wildman–Crippen LogP) is 4.70. The lowest BCUT2D eigenvalue weighted by atomic mass is 10.0. The van der Waals surface area contributed by atoms with Gasteiger partial charge in [-0.1, -0.05) is 0 Å². The maximum Gasteiger partial charge on any atom is 0.223 e. The third kappa shape index (κ3) is 10.9. The molecule has 1 aromatic rings. The SMILES string of the molecule is COC(C)(C)CCOC(C)(C)CCNc1nc(CCSC)cc(CCSC)n1. The average Bonchev–Trinajstić information content (AvgIpc) is 2.64. The van der Waals surface area contributed by atoms with Crippen molar-refractivity contribution < 1.29 is 9.47 Å². The molecule has 0 saturated heterocycles. The Balaban J connectivity index is 2.57. The Hall–Kier alpha value is -0.500. The topological polar surface area (TPSA) is 56.3 Å². The summed E-state index contributed by atoms with van der Waals surface area (Å²) in [6.45, 7) is 9.91. The van der Waals surface area contributed by atoms with Gasteiger partial charge in [-0.2, -0.15) is 23.5 Å². The van der Waals surface area contributed by atoms with Gasteiger partial charge >= 0.3 is 0 Å². The highest BCUT2D eigenvalue weighted by molar-refractivity contribution is 7.98. The van der Waals surface area contributed by atoms with E-state index in [1.54, 1.807) is 7.11 Å². The zero-order chi connectivity index (χ0) is 21.0. The lowest BCUT2D eigenvalue weighted by molar-refractivity contribution is -0.0596. The zero-order valence-corrected chi connectivity index (χ0v) is 20.4. The minimum absolute atomic E-state index is 0.146. The van der Waals surface area contributed by atoms with E-state index in [2.05, 4.69) is 51.6 Å². The molecule has 0 aliphatic rings. The van der Waals surface area contributed by atoms with Gasteiger partial charge in [0.2, 0.25) is 5.95 Å². The molecule has 1 rings (SSSR count). The smallest absolute Gasteiger partial charge is 0.223 e. The summed E-state index contributed by atoms with van der Waals surface area (Å²) in [5.74, 6) is 2.90. The van der Waals surface area contributed by atoms with Crippen LogP contribution in [0.25, 0.3) is 0 Å². The van der Waals surface area contributed by atoms with E-state index in [1.807, 2.05) is 23.5 Å². The van der Waals surface area contributed by atoms with Crippen molar-refractivity contribution in [2.24, 2.45) is 0 Å². The maximum atomic E-state index is 6.09. The highest BCUT2D eigenvalue weighted by Gasteiger charge is 2.21. The summed E-state index contributed by atoms with van der Waals surface area (Å²) in [7, 11) is 1.75. The van der Waals surface area contributed by atoms with Gasteiger partial charge < -0.3 is 14.8 Å². The van der Waals surface area contributed by atoms with Crippen LogP contribution < -0.4 is 5.32 Å². The first-order valence-corrected chi connectivity index (χ1v) is 12.8. The van der Waals surface area contributed by atoms with Crippen LogP contribution in [-0.2, 0) is 22.3 Å². The minimum Gasteiger partial charge on any atom is -0.379 e. The standard InChI is InChI=1S/C21H39N3O2S2/c1-20(2,25-5)11-13-26-21(3,4)10-12-22-19-23-17(8-14-27-6)16-18(24-19)9-15-28-7/h16H,8-15H2,1-7H3,(H,22,23,24). The molecule has 0 amide bonds. The number of nitrogens with one attached hydrogen (secondary N) is 1. The Morgan fingerprint density at radius 2 is 1.50 bits per heavy atom. The molecule has 7 heteroatoms. The quantitative estimate of drug-likeness (QED) is 0.434. The molecule has 0 bridgehead atoms. The molecule has 0 aliphatic heterocycles. The Kier molecular flexibility index (Phi) is 11.8. The van der Waals surface area contributed by atoms with E-state index >= 15 is 0 Å².